The third-order valence-corrected chi connectivity index (χ3v) is 4.39. The van der Waals surface area contributed by atoms with Crippen molar-refractivity contribution in [1.29, 1.82) is 0 Å². The first-order valence-electron chi connectivity index (χ1n) is 9.38. The minimum Gasteiger partial charge on any atom is -0.494 e. The topological polar surface area (TPSA) is 56.8 Å². The highest BCUT2D eigenvalue weighted by atomic mass is 16.5. The highest BCUT2D eigenvalue weighted by molar-refractivity contribution is 5.89. The Labute approximate surface area is 167 Å². The molecule has 0 aliphatic carbocycles. The quantitative estimate of drug-likeness (QED) is 0.574. The molecule has 0 fully saturated rings. The molecule has 0 heterocycles. The minimum absolute atomic E-state index is 0.0913. The molecule has 5 heteroatoms. The summed E-state index contributed by atoms with van der Waals surface area (Å²) in [6.07, 6.45) is 2.73. The number of carbonyl (C=O) groups is 1. The van der Waals surface area contributed by atoms with Gasteiger partial charge in [-0.3, -0.25) is 0 Å². The van der Waals surface area contributed by atoms with Gasteiger partial charge in [-0.2, -0.15) is 0 Å². The molecule has 2 aromatic rings. The Morgan fingerprint density at radius 2 is 1.89 bits per heavy atom. The summed E-state index contributed by atoms with van der Waals surface area (Å²) in [7, 11) is 3.21. The second-order valence-electron chi connectivity index (χ2n) is 6.82. The Morgan fingerprint density at radius 1 is 1.18 bits per heavy atom. The SMILES string of the molecule is C=Cc1c(COC(=O)c2ccccc2)cc(OC)c(NCCC(C)C)c1OC. The van der Waals surface area contributed by atoms with Gasteiger partial charge in [0.05, 0.1) is 19.8 Å². The Bertz CT molecular complexity index is 800. The van der Waals surface area contributed by atoms with Gasteiger partial charge < -0.3 is 19.5 Å². The largest absolute Gasteiger partial charge is 0.494 e. The standard InChI is InChI=1S/C23H29NO4/c1-6-19-18(15-28-23(25)17-10-8-7-9-11-17)14-20(26-4)21(22(19)27-5)24-13-12-16(2)3/h6-11,14,16,24H,1,12-13,15H2,2-5H3. The molecule has 0 unspecified atom stereocenters. The van der Waals surface area contributed by atoms with Gasteiger partial charge in [0.25, 0.3) is 0 Å². The lowest BCUT2D eigenvalue weighted by molar-refractivity contribution is 0.0472. The van der Waals surface area contributed by atoms with E-state index < -0.39 is 0 Å². The zero-order valence-corrected chi connectivity index (χ0v) is 17.1. The first-order valence-corrected chi connectivity index (χ1v) is 9.38. The maximum atomic E-state index is 12.3. The van der Waals surface area contributed by atoms with E-state index >= 15 is 0 Å². The smallest absolute Gasteiger partial charge is 0.338 e. The van der Waals surface area contributed by atoms with E-state index in [0.29, 0.717) is 23.0 Å². The number of hydrogen-bond donors (Lipinski definition) is 1. The van der Waals surface area contributed by atoms with E-state index in [0.717, 1.165) is 29.8 Å². The van der Waals surface area contributed by atoms with Crippen molar-refractivity contribution in [1.82, 2.24) is 0 Å². The van der Waals surface area contributed by atoms with Crippen molar-refractivity contribution in [3.63, 3.8) is 0 Å². The number of ether oxygens (including phenoxy) is 3. The van der Waals surface area contributed by atoms with Crippen LogP contribution >= 0.6 is 0 Å². The van der Waals surface area contributed by atoms with Crippen LogP contribution in [0.15, 0.2) is 43.0 Å². The monoisotopic (exact) mass is 383 g/mol. The fraction of sp³-hybridized carbons (Fsp3) is 0.348. The van der Waals surface area contributed by atoms with Gasteiger partial charge in [0.1, 0.15) is 18.0 Å². The number of nitrogens with one attached hydrogen (secondary N) is 1. The summed E-state index contributed by atoms with van der Waals surface area (Å²) in [4.78, 5) is 12.3. The molecule has 0 aromatic heterocycles. The first kappa shape index (κ1) is 21.4. The summed E-state index contributed by atoms with van der Waals surface area (Å²) >= 11 is 0. The Balaban J connectivity index is 2.28. The molecule has 0 saturated carbocycles. The Kier molecular flexibility index (Phi) is 7.93. The number of methoxy groups -OCH3 is 2. The molecule has 150 valence electrons. The second-order valence-corrected chi connectivity index (χ2v) is 6.82. The summed E-state index contributed by atoms with van der Waals surface area (Å²) in [6, 6.07) is 10.8. The molecular weight excluding hydrogens is 354 g/mol. The van der Waals surface area contributed by atoms with Crippen LogP contribution in [0, 0.1) is 5.92 Å². The van der Waals surface area contributed by atoms with Gasteiger partial charge in [-0.05, 0) is 30.5 Å². The zero-order valence-electron chi connectivity index (χ0n) is 17.1. The van der Waals surface area contributed by atoms with Crippen LogP contribution in [-0.4, -0.2) is 26.7 Å². The van der Waals surface area contributed by atoms with Crippen LogP contribution < -0.4 is 14.8 Å². The average molecular weight is 383 g/mol. The van der Waals surface area contributed by atoms with Gasteiger partial charge in [-0.15, -0.1) is 0 Å². The molecule has 0 spiro atoms. The second kappa shape index (κ2) is 10.4. The Morgan fingerprint density at radius 3 is 2.46 bits per heavy atom. The molecule has 0 radical (unpaired) electrons. The molecule has 0 amide bonds. The van der Waals surface area contributed by atoms with E-state index in [-0.39, 0.29) is 12.6 Å². The lowest BCUT2D eigenvalue weighted by Crippen LogP contribution is -2.10. The number of benzene rings is 2. The van der Waals surface area contributed by atoms with Crippen molar-refractivity contribution in [3.05, 3.63) is 59.7 Å². The van der Waals surface area contributed by atoms with E-state index in [9.17, 15) is 4.79 Å². The molecule has 0 aliphatic heterocycles. The maximum Gasteiger partial charge on any atom is 0.338 e. The fourth-order valence-corrected chi connectivity index (χ4v) is 2.87. The normalized spacial score (nSPS) is 10.5. The van der Waals surface area contributed by atoms with Crippen molar-refractivity contribution < 1.29 is 19.0 Å². The number of esters is 1. The van der Waals surface area contributed by atoms with E-state index in [1.807, 2.05) is 12.1 Å². The molecule has 28 heavy (non-hydrogen) atoms. The van der Waals surface area contributed by atoms with Crippen LogP contribution in [0.25, 0.3) is 6.08 Å². The van der Waals surface area contributed by atoms with E-state index in [1.54, 1.807) is 44.6 Å². The van der Waals surface area contributed by atoms with Crippen LogP contribution in [0.3, 0.4) is 0 Å². The minimum atomic E-state index is -0.382. The predicted molar refractivity (Wildman–Crippen MR) is 113 cm³/mol. The molecule has 0 bridgehead atoms. The molecule has 2 rings (SSSR count). The van der Waals surface area contributed by atoms with Crippen molar-refractivity contribution in [3.8, 4) is 11.5 Å². The number of anilines is 1. The lowest BCUT2D eigenvalue weighted by atomic mass is 10.0. The van der Waals surface area contributed by atoms with Crippen LogP contribution in [0.4, 0.5) is 5.69 Å². The average Bonchev–Trinajstić information content (AvgIpc) is 2.71. The van der Waals surface area contributed by atoms with Gasteiger partial charge in [0, 0.05) is 17.7 Å². The van der Waals surface area contributed by atoms with Crippen LogP contribution in [0.2, 0.25) is 0 Å². The first-order chi connectivity index (χ1) is 13.5. The fourth-order valence-electron chi connectivity index (χ4n) is 2.87. The molecule has 0 aliphatic rings. The summed E-state index contributed by atoms with van der Waals surface area (Å²) in [5.41, 5.74) is 2.82. The summed E-state index contributed by atoms with van der Waals surface area (Å²) in [5, 5.41) is 3.40. The van der Waals surface area contributed by atoms with Crippen molar-refractivity contribution >= 4 is 17.7 Å². The molecular formula is C23H29NO4. The molecule has 0 saturated heterocycles. The highest BCUT2D eigenvalue weighted by Gasteiger charge is 2.19. The highest BCUT2D eigenvalue weighted by Crippen LogP contribution is 2.41. The number of hydrogen-bond acceptors (Lipinski definition) is 5. The number of carbonyl (C=O) groups excluding carboxylic acids is 1. The van der Waals surface area contributed by atoms with E-state index in [2.05, 4.69) is 25.7 Å². The zero-order chi connectivity index (χ0) is 20.5. The van der Waals surface area contributed by atoms with Crippen molar-refractivity contribution in [2.75, 3.05) is 26.1 Å². The van der Waals surface area contributed by atoms with Gasteiger partial charge in [-0.1, -0.05) is 44.7 Å². The predicted octanol–water partition coefficient (Wildman–Crippen LogP) is 5.16. The summed E-state index contributed by atoms with van der Waals surface area (Å²) < 4.78 is 16.7. The van der Waals surface area contributed by atoms with Gasteiger partial charge in [0.15, 0.2) is 5.75 Å². The Hall–Kier alpha value is -2.95. The molecule has 1 N–H and O–H groups in total. The van der Waals surface area contributed by atoms with Crippen molar-refractivity contribution in [2.24, 2.45) is 5.92 Å². The van der Waals surface area contributed by atoms with Gasteiger partial charge in [-0.25, -0.2) is 4.79 Å². The van der Waals surface area contributed by atoms with Gasteiger partial charge >= 0.3 is 5.97 Å². The van der Waals surface area contributed by atoms with Crippen LogP contribution in [0.5, 0.6) is 11.5 Å². The molecule has 5 nitrogen and oxygen atoms in total. The number of rotatable bonds is 10. The third-order valence-electron chi connectivity index (χ3n) is 4.39. The van der Waals surface area contributed by atoms with E-state index in [4.69, 9.17) is 14.2 Å². The lowest BCUT2D eigenvalue weighted by Gasteiger charge is -2.20. The summed E-state index contributed by atoms with van der Waals surface area (Å²) in [5.74, 6) is 1.47. The maximum absolute atomic E-state index is 12.3. The third kappa shape index (κ3) is 5.28. The molecule has 0 atom stereocenters. The molecule has 2 aromatic carbocycles. The van der Waals surface area contributed by atoms with Crippen molar-refractivity contribution in [2.45, 2.75) is 26.9 Å². The van der Waals surface area contributed by atoms with Crippen LogP contribution in [-0.2, 0) is 11.3 Å². The summed E-state index contributed by atoms with van der Waals surface area (Å²) in [6.45, 7) is 9.14. The van der Waals surface area contributed by atoms with Gasteiger partial charge in [0.2, 0.25) is 0 Å². The van der Waals surface area contributed by atoms with Crippen LogP contribution in [0.1, 0.15) is 41.8 Å². The van der Waals surface area contributed by atoms with E-state index in [1.165, 1.54) is 0 Å².